The molecular formula is C21H20F3N5O3S. The van der Waals surface area contributed by atoms with E-state index in [9.17, 15) is 26.4 Å². The van der Waals surface area contributed by atoms with Gasteiger partial charge in [-0.1, -0.05) is 0 Å². The third-order valence-corrected chi connectivity index (χ3v) is 6.11. The van der Waals surface area contributed by atoms with Crippen LogP contribution in [0.15, 0.2) is 47.6 Å². The number of rotatable bonds is 4. The predicted molar refractivity (Wildman–Crippen MR) is 116 cm³/mol. The largest absolute Gasteiger partial charge is 0.356 e. The number of primary sulfonamides is 1. The highest BCUT2D eigenvalue weighted by Gasteiger charge is 2.33. The van der Waals surface area contributed by atoms with Gasteiger partial charge in [0, 0.05) is 49.3 Å². The molecule has 2 aromatic heterocycles. The summed E-state index contributed by atoms with van der Waals surface area (Å²) in [5, 5.41) is 7.55. The van der Waals surface area contributed by atoms with Crippen LogP contribution in [0.25, 0.3) is 10.9 Å². The maximum absolute atomic E-state index is 13.9. The van der Waals surface area contributed by atoms with Gasteiger partial charge in [-0.15, -0.1) is 0 Å². The standard InChI is InChI=1S/C21H20F3N5O3S/c22-14-2-3-17-13(10-14)11-16(19(28-17)29-8-1-5-21(23,24)6-9-29)20(30)27-15-4-7-26-18(12-15)33(25,31)32/h2-4,7,10-12H,1,5-6,8-9H2,(H2,25,31,32)(H,26,27,30). The number of hydrogen-bond donors (Lipinski definition) is 2. The van der Waals surface area contributed by atoms with Gasteiger partial charge in [0.05, 0.1) is 11.1 Å². The van der Waals surface area contributed by atoms with Crippen LogP contribution in [-0.4, -0.2) is 43.3 Å². The van der Waals surface area contributed by atoms with E-state index >= 15 is 0 Å². The van der Waals surface area contributed by atoms with Crippen LogP contribution in [0.1, 0.15) is 29.6 Å². The monoisotopic (exact) mass is 479 g/mol. The number of nitrogens with two attached hydrogens (primary N) is 1. The summed E-state index contributed by atoms with van der Waals surface area (Å²) in [6, 6.07) is 7.77. The van der Waals surface area contributed by atoms with Gasteiger partial charge in [-0.3, -0.25) is 4.79 Å². The zero-order valence-electron chi connectivity index (χ0n) is 17.3. The van der Waals surface area contributed by atoms with E-state index in [1.165, 1.54) is 36.5 Å². The first-order chi connectivity index (χ1) is 15.5. The van der Waals surface area contributed by atoms with Crippen LogP contribution in [0.5, 0.6) is 0 Å². The van der Waals surface area contributed by atoms with Crippen molar-refractivity contribution in [1.29, 1.82) is 0 Å². The Morgan fingerprint density at radius 1 is 1.12 bits per heavy atom. The molecule has 1 aliphatic heterocycles. The molecule has 1 aliphatic rings. The fourth-order valence-electron chi connectivity index (χ4n) is 3.66. The van der Waals surface area contributed by atoms with Crippen LogP contribution < -0.4 is 15.4 Å². The van der Waals surface area contributed by atoms with Gasteiger partial charge in [-0.25, -0.2) is 36.7 Å². The lowest BCUT2D eigenvalue weighted by molar-refractivity contribution is -0.0102. The molecule has 0 saturated carbocycles. The third kappa shape index (κ3) is 5.22. The molecule has 33 heavy (non-hydrogen) atoms. The van der Waals surface area contributed by atoms with Crippen LogP contribution in [0, 0.1) is 5.82 Å². The molecule has 0 unspecified atom stereocenters. The van der Waals surface area contributed by atoms with Crippen molar-refractivity contribution >= 4 is 38.3 Å². The zero-order valence-corrected chi connectivity index (χ0v) is 18.1. The molecule has 3 aromatic rings. The number of fused-ring (bicyclic) bond motifs is 1. The maximum atomic E-state index is 13.9. The van der Waals surface area contributed by atoms with Gasteiger partial charge in [-0.2, -0.15) is 0 Å². The molecule has 1 amide bonds. The number of carbonyl (C=O) groups excluding carboxylic acids is 1. The number of halogens is 3. The first-order valence-corrected chi connectivity index (χ1v) is 11.6. The van der Waals surface area contributed by atoms with Crippen molar-refractivity contribution in [3.63, 3.8) is 0 Å². The summed E-state index contributed by atoms with van der Waals surface area (Å²) in [5.74, 6) is -3.82. The summed E-state index contributed by atoms with van der Waals surface area (Å²) in [7, 11) is -4.10. The molecule has 3 heterocycles. The summed E-state index contributed by atoms with van der Waals surface area (Å²) < 4.78 is 64.7. The van der Waals surface area contributed by atoms with E-state index in [0.717, 1.165) is 6.07 Å². The van der Waals surface area contributed by atoms with Crippen molar-refractivity contribution in [2.45, 2.75) is 30.2 Å². The first-order valence-electron chi connectivity index (χ1n) is 10.1. The number of aromatic nitrogens is 2. The number of carbonyl (C=O) groups is 1. The molecule has 0 atom stereocenters. The molecule has 0 bridgehead atoms. The molecule has 0 aliphatic carbocycles. The zero-order chi connectivity index (χ0) is 23.8. The van der Waals surface area contributed by atoms with Crippen molar-refractivity contribution in [2.75, 3.05) is 23.3 Å². The number of anilines is 2. The summed E-state index contributed by atoms with van der Waals surface area (Å²) in [4.78, 5) is 22.9. The number of nitrogens with zero attached hydrogens (tertiary/aromatic N) is 3. The van der Waals surface area contributed by atoms with Crippen LogP contribution in [0.2, 0.25) is 0 Å². The fraction of sp³-hybridized carbons (Fsp3) is 0.286. The maximum Gasteiger partial charge on any atom is 0.259 e. The van der Waals surface area contributed by atoms with Gasteiger partial charge in [0.25, 0.3) is 15.9 Å². The van der Waals surface area contributed by atoms with Crippen molar-refractivity contribution < 1.29 is 26.4 Å². The van der Waals surface area contributed by atoms with E-state index in [-0.39, 0.29) is 49.4 Å². The highest BCUT2D eigenvalue weighted by atomic mass is 32.2. The lowest BCUT2D eigenvalue weighted by Crippen LogP contribution is -2.29. The van der Waals surface area contributed by atoms with Gasteiger partial charge in [-0.05, 0) is 36.8 Å². The fourth-order valence-corrected chi connectivity index (χ4v) is 4.16. The minimum atomic E-state index is -4.10. The quantitative estimate of drug-likeness (QED) is 0.593. The summed E-state index contributed by atoms with van der Waals surface area (Å²) >= 11 is 0. The minimum absolute atomic E-state index is 0.0161. The summed E-state index contributed by atoms with van der Waals surface area (Å²) in [5.41, 5.74) is 0.540. The lowest BCUT2D eigenvalue weighted by atomic mass is 10.1. The average molecular weight is 479 g/mol. The van der Waals surface area contributed by atoms with Gasteiger partial charge in [0.15, 0.2) is 5.03 Å². The van der Waals surface area contributed by atoms with Crippen LogP contribution in [0.3, 0.4) is 0 Å². The summed E-state index contributed by atoms with van der Waals surface area (Å²) in [6.07, 6.45) is 0.719. The van der Waals surface area contributed by atoms with Crippen molar-refractivity contribution in [3.05, 3.63) is 54.0 Å². The van der Waals surface area contributed by atoms with E-state index in [1.54, 1.807) is 4.90 Å². The highest BCUT2D eigenvalue weighted by molar-refractivity contribution is 7.89. The molecule has 1 saturated heterocycles. The van der Waals surface area contributed by atoms with Gasteiger partial charge in [0.1, 0.15) is 11.6 Å². The molecule has 0 radical (unpaired) electrons. The molecule has 12 heteroatoms. The normalized spacial score (nSPS) is 16.4. The third-order valence-electron chi connectivity index (χ3n) is 5.30. The Morgan fingerprint density at radius 2 is 1.91 bits per heavy atom. The Labute approximate surface area is 187 Å². The van der Waals surface area contributed by atoms with Crippen molar-refractivity contribution in [3.8, 4) is 0 Å². The van der Waals surface area contributed by atoms with Crippen molar-refractivity contribution in [1.82, 2.24) is 9.97 Å². The van der Waals surface area contributed by atoms with E-state index in [4.69, 9.17) is 5.14 Å². The second kappa shape index (κ2) is 8.60. The smallest absolute Gasteiger partial charge is 0.259 e. The number of alkyl halides is 2. The van der Waals surface area contributed by atoms with E-state index < -0.39 is 32.7 Å². The first kappa shape index (κ1) is 22.9. The Bertz CT molecular complexity index is 1330. The van der Waals surface area contributed by atoms with Gasteiger partial charge in [0.2, 0.25) is 5.92 Å². The number of sulfonamides is 1. The Balaban J connectivity index is 1.75. The molecular weight excluding hydrogens is 459 g/mol. The van der Waals surface area contributed by atoms with E-state index in [0.29, 0.717) is 10.9 Å². The lowest BCUT2D eigenvalue weighted by Gasteiger charge is -2.24. The number of benzene rings is 1. The Hall–Kier alpha value is -3.25. The Morgan fingerprint density at radius 3 is 2.67 bits per heavy atom. The molecule has 0 spiro atoms. The molecule has 8 nitrogen and oxygen atoms in total. The second-order valence-corrected chi connectivity index (χ2v) is 9.28. The van der Waals surface area contributed by atoms with Crippen molar-refractivity contribution in [2.24, 2.45) is 5.14 Å². The van der Waals surface area contributed by atoms with Crippen LogP contribution >= 0.6 is 0 Å². The molecule has 4 rings (SSSR count). The average Bonchev–Trinajstić information content (AvgIpc) is 2.92. The topological polar surface area (TPSA) is 118 Å². The molecule has 174 valence electrons. The van der Waals surface area contributed by atoms with Crippen LogP contribution in [0.4, 0.5) is 24.7 Å². The molecule has 3 N–H and O–H groups in total. The van der Waals surface area contributed by atoms with Gasteiger partial charge >= 0.3 is 0 Å². The number of amides is 1. The predicted octanol–water partition coefficient (Wildman–Crippen LogP) is 3.29. The van der Waals surface area contributed by atoms with Crippen LogP contribution in [-0.2, 0) is 10.0 Å². The second-order valence-electron chi connectivity index (χ2n) is 7.78. The van der Waals surface area contributed by atoms with E-state index in [2.05, 4.69) is 15.3 Å². The number of hydrogen-bond acceptors (Lipinski definition) is 6. The molecule has 1 fully saturated rings. The Kier molecular flexibility index (Phi) is 5.97. The molecule has 1 aromatic carbocycles. The van der Waals surface area contributed by atoms with E-state index in [1.807, 2.05) is 0 Å². The minimum Gasteiger partial charge on any atom is -0.356 e. The van der Waals surface area contributed by atoms with Gasteiger partial charge < -0.3 is 10.2 Å². The highest BCUT2D eigenvalue weighted by Crippen LogP contribution is 2.32. The SMILES string of the molecule is NS(=O)(=O)c1cc(NC(=O)c2cc3cc(F)ccc3nc2N2CCCC(F)(F)CC2)ccn1. The number of pyridine rings is 2. The number of nitrogens with one attached hydrogen (secondary N) is 1. The summed E-state index contributed by atoms with van der Waals surface area (Å²) in [6.45, 7) is 0.248.